The van der Waals surface area contributed by atoms with E-state index in [1.165, 1.54) is 11.1 Å². The fourth-order valence-electron chi connectivity index (χ4n) is 5.31. The van der Waals surface area contributed by atoms with Crippen LogP contribution in [0.5, 0.6) is 11.5 Å². The fourth-order valence-corrected chi connectivity index (χ4v) is 5.85. The van der Waals surface area contributed by atoms with Crippen molar-refractivity contribution >= 4 is 15.9 Å². The van der Waals surface area contributed by atoms with Crippen LogP contribution in [-0.4, -0.2) is 80.2 Å². The number of aliphatic hydroxyl groups is 1. The summed E-state index contributed by atoms with van der Waals surface area (Å²) in [5.74, 6) is 1.64. The Morgan fingerprint density at radius 2 is 2.03 bits per heavy atom. The first-order valence-electron chi connectivity index (χ1n) is 10.6. The standard InChI is InChI=1S/C22H29BrN2O4/c1-27-18-13-17(23)16-14-25(7-6-24-8-10-28-11-9-24)5-4-22-3-2-15(26)12-19(22)29-21(18)20(16)22/h2-3,13,15,19,26H,4-12,14H2,1H3/t15-,19-,22-/m0/s1. The molecule has 0 bridgehead atoms. The molecule has 3 heterocycles. The predicted molar refractivity (Wildman–Crippen MR) is 114 cm³/mol. The van der Waals surface area contributed by atoms with Gasteiger partial charge in [-0.05, 0) is 24.6 Å². The van der Waals surface area contributed by atoms with E-state index in [1.54, 1.807) is 7.11 Å². The summed E-state index contributed by atoms with van der Waals surface area (Å²) in [6.45, 7) is 7.74. The number of hydrogen-bond donors (Lipinski definition) is 1. The highest BCUT2D eigenvalue weighted by Gasteiger charge is 2.53. The van der Waals surface area contributed by atoms with E-state index in [0.717, 1.165) is 74.9 Å². The molecule has 1 spiro atoms. The maximum Gasteiger partial charge on any atom is 0.166 e. The number of nitrogens with zero attached hydrogens (tertiary/aromatic N) is 2. The Morgan fingerprint density at radius 1 is 1.24 bits per heavy atom. The smallest absolute Gasteiger partial charge is 0.166 e. The third-order valence-corrected chi connectivity index (χ3v) is 7.66. The maximum absolute atomic E-state index is 10.2. The first-order valence-corrected chi connectivity index (χ1v) is 11.4. The molecule has 1 saturated heterocycles. The van der Waals surface area contributed by atoms with Crippen LogP contribution >= 0.6 is 15.9 Å². The third-order valence-electron chi connectivity index (χ3n) is 6.95. The minimum Gasteiger partial charge on any atom is -0.493 e. The average Bonchev–Trinajstić information content (AvgIpc) is 2.96. The van der Waals surface area contributed by atoms with Crippen molar-refractivity contribution < 1.29 is 19.3 Å². The van der Waals surface area contributed by atoms with Crippen LogP contribution in [0, 0.1) is 0 Å². The van der Waals surface area contributed by atoms with Crippen molar-refractivity contribution in [1.82, 2.24) is 9.80 Å². The quantitative estimate of drug-likeness (QED) is 0.690. The number of morpholine rings is 1. The second-order valence-electron chi connectivity index (χ2n) is 8.53. The lowest BCUT2D eigenvalue weighted by Gasteiger charge is -2.36. The molecule has 1 aromatic carbocycles. The van der Waals surface area contributed by atoms with Crippen LogP contribution in [0.4, 0.5) is 0 Å². The topological polar surface area (TPSA) is 54.4 Å². The van der Waals surface area contributed by atoms with Crippen molar-refractivity contribution in [3.05, 3.63) is 33.8 Å². The van der Waals surface area contributed by atoms with Crippen molar-refractivity contribution in [2.45, 2.75) is 37.0 Å². The summed E-state index contributed by atoms with van der Waals surface area (Å²) in [7, 11) is 1.69. The van der Waals surface area contributed by atoms with E-state index in [1.807, 2.05) is 12.1 Å². The highest BCUT2D eigenvalue weighted by molar-refractivity contribution is 9.10. The van der Waals surface area contributed by atoms with Gasteiger partial charge < -0.3 is 19.3 Å². The van der Waals surface area contributed by atoms with E-state index in [0.29, 0.717) is 6.42 Å². The van der Waals surface area contributed by atoms with E-state index in [9.17, 15) is 5.11 Å². The molecule has 7 heteroatoms. The van der Waals surface area contributed by atoms with E-state index in [-0.39, 0.29) is 11.5 Å². The first-order chi connectivity index (χ1) is 14.1. The molecule has 1 aliphatic carbocycles. The zero-order valence-electron chi connectivity index (χ0n) is 16.9. The highest BCUT2D eigenvalue weighted by Crippen LogP contribution is 2.57. The van der Waals surface area contributed by atoms with Gasteiger partial charge in [-0.25, -0.2) is 0 Å². The average molecular weight is 465 g/mol. The van der Waals surface area contributed by atoms with Crippen molar-refractivity contribution in [2.24, 2.45) is 0 Å². The molecule has 0 amide bonds. The van der Waals surface area contributed by atoms with Gasteiger partial charge in [0.2, 0.25) is 0 Å². The van der Waals surface area contributed by atoms with Crippen LogP contribution in [0.2, 0.25) is 0 Å². The fraction of sp³-hybridized carbons (Fsp3) is 0.636. The number of methoxy groups -OCH3 is 1. The van der Waals surface area contributed by atoms with E-state index in [4.69, 9.17) is 14.2 Å². The Hall–Kier alpha value is -1.12. The summed E-state index contributed by atoms with van der Waals surface area (Å²) < 4.78 is 18.6. The minimum absolute atomic E-state index is 0.0429. The second-order valence-corrected chi connectivity index (χ2v) is 9.39. The minimum atomic E-state index is -0.446. The molecule has 1 N–H and O–H groups in total. The zero-order valence-corrected chi connectivity index (χ0v) is 18.5. The van der Waals surface area contributed by atoms with Crippen LogP contribution in [0.1, 0.15) is 24.0 Å². The Balaban J connectivity index is 1.48. The van der Waals surface area contributed by atoms with E-state index >= 15 is 0 Å². The molecule has 0 unspecified atom stereocenters. The van der Waals surface area contributed by atoms with Gasteiger partial charge in [-0.2, -0.15) is 0 Å². The number of halogens is 1. The van der Waals surface area contributed by atoms with E-state index in [2.05, 4.69) is 31.8 Å². The molecule has 0 saturated carbocycles. The van der Waals surface area contributed by atoms with Gasteiger partial charge in [0, 0.05) is 49.2 Å². The number of rotatable bonds is 4. The largest absolute Gasteiger partial charge is 0.493 e. The van der Waals surface area contributed by atoms with Crippen molar-refractivity contribution in [2.75, 3.05) is 53.0 Å². The predicted octanol–water partition coefficient (Wildman–Crippen LogP) is 2.32. The molecule has 158 valence electrons. The summed E-state index contributed by atoms with van der Waals surface area (Å²) in [5.41, 5.74) is 2.36. The molecule has 6 nitrogen and oxygen atoms in total. The molecular weight excluding hydrogens is 436 g/mol. The van der Waals surface area contributed by atoms with Gasteiger partial charge in [-0.3, -0.25) is 9.80 Å². The third kappa shape index (κ3) is 3.41. The van der Waals surface area contributed by atoms with Crippen LogP contribution in [0.15, 0.2) is 22.7 Å². The molecule has 0 aromatic heterocycles. The van der Waals surface area contributed by atoms with Gasteiger partial charge in [-0.1, -0.05) is 28.1 Å². The van der Waals surface area contributed by atoms with Gasteiger partial charge in [-0.15, -0.1) is 0 Å². The number of benzene rings is 1. The molecule has 1 fully saturated rings. The molecule has 5 rings (SSSR count). The maximum atomic E-state index is 10.2. The summed E-state index contributed by atoms with van der Waals surface area (Å²) in [4.78, 5) is 5.06. The monoisotopic (exact) mass is 464 g/mol. The Kier molecular flexibility index (Phi) is 5.37. The van der Waals surface area contributed by atoms with E-state index < -0.39 is 6.10 Å². The lowest BCUT2D eigenvalue weighted by atomic mass is 9.69. The normalized spacial score (nSPS) is 31.7. The lowest BCUT2D eigenvalue weighted by Crippen LogP contribution is -2.44. The van der Waals surface area contributed by atoms with Gasteiger partial charge in [0.15, 0.2) is 11.5 Å². The number of aliphatic hydroxyl groups excluding tert-OH is 1. The molecule has 29 heavy (non-hydrogen) atoms. The van der Waals surface area contributed by atoms with Crippen LogP contribution in [-0.2, 0) is 16.7 Å². The summed E-state index contributed by atoms with van der Waals surface area (Å²) in [5, 5.41) is 10.2. The Bertz CT molecular complexity index is 810. The Labute approximate surface area is 180 Å². The SMILES string of the molecule is COc1cc(Br)c2c3c1O[C@H]1C[C@@H](O)C=C[C@@]31CCN(CCN1CCOCC1)C2. The van der Waals surface area contributed by atoms with Gasteiger partial charge in [0.05, 0.1) is 31.8 Å². The summed E-state index contributed by atoms with van der Waals surface area (Å²) >= 11 is 3.82. The summed E-state index contributed by atoms with van der Waals surface area (Å²) in [6, 6.07) is 2.03. The molecule has 3 aliphatic heterocycles. The lowest BCUT2D eigenvalue weighted by molar-refractivity contribution is 0.0322. The highest BCUT2D eigenvalue weighted by atomic mass is 79.9. The Morgan fingerprint density at radius 3 is 2.83 bits per heavy atom. The number of hydrogen-bond acceptors (Lipinski definition) is 6. The zero-order chi connectivity index (χ0) is 20.0. The van der Waals surface area contributed by atoms with Crippen molar-refractivity contribution in [3.63, 3.8) is 0 Å². The van der Waals surface area contributed by atoms with Crippen LogP contribution in [0.25, 0.3) is 0 Å². The molecule has 1 aromatic rings. The molecular formula is C22H29BrN2O4. The van der Waals surface area contributed by atoms with Crippen molar-refractivity contribution in [1.29, 1.82) is 0 Å². The number of ether oxygens (including phenoxy) is 3. The molecule has 0 radical (unpaired) electrons. The molecule has 3 atom stereocenters. The summed E-state index contributed by atoms with van der Waals surface area (Å²) in [6.07, 6.45) is 5.29. The van der Waals surface area contributed by atoms with Gasteiger partial charge in [0.25, 0.3) is 0 Å². The van der Waals surface area contributed by atoms with Gasteiger partial charge in [0.1, 0.15) is 6.10 Å². The van der Waals surface area contributed by atoms with Gasteiger partial charge >= 0.3 is 0 Å². The van der Waals surface area contributed by atoms with Crippen LogP contribution < -0.4 is 9.47 Å². The van der Waals surface area contributed by atoms with Crippen molar-refractivity contribution in [3.8, 4) is 11.5 Å². The first kappa shape index (κ1) is 19.8. The second kappa shape index (κ2) is 7.85. The molecule has 4 aliphatic rings. The van der Waals surface area contributed by atoms with Crippen LogP contribution in [0.3, 0.4) is 0 Å².